The molecule has 7 heteroatoms. The largest absolute Gasteiger partial charge is 0.496 e. The van der Waals surface area contributed by atoms with Gasteiger partial charge in [-0.3, -0.25) is 14.5 Å². The molecule has 0 aliphatic carbocycles. The second-order valence-corrected chi connectivity index (χ2v) is 6.13. The first-order valence-corrected chi connectivity index (χ1v) is 8.61. The Morgan fingerprint density at radius 1 is 1.12 bits per heavy atom. The van der Waals surface area contributed by atoms with E-state index in [4.69, 9.17) is 9.15 Å². The minimum atomic E-state index is -0.102. The lowest BCUT2D eigenvalue weighted by atomic mass is 10.2. The van der Waals surface area contributed by atoms with Crippen molar-refractivity contribution in [1.82, 2.24) is 15.1 Å². The molecular weight excluding hydrogens is 334 g/mol. The molecule has 0 radical (unpaired) electrons. The first-order chi connectivity index (χ1) is 12.7. The number of amides is 2. The zero-order chi connectivity index (χ0) is 18.4. The summed E-state index contributed by atoms with van der Waals surface area (Å²) in [7, 11) is 1.62. The van der Waals surface area contributed by atoms with E-state index < -0.39 is 0 Å². The molecule has 0 spiro atoms. The normalized spacial score (nSPS) is 14.9. The van der Waals surface area contributed by atoms with E-state index in [0.29, 0.717) is 45.0 Å². The lowest BCUT2D eigenvalue weighted by Gasteiger charge is -2.33. The van der Waals surface area contributed by atoms with E-state index in [1.807, 2.05) is 29.2 Å². The van der Waals surface area contributed by atoms with E-state index in [2.05, 4.69) is 5.32 Å². The number of hydrogen-bond donors (Lipinski definition) is 1. The Labute approximate surface area is 152 Å². The molecule has 3 rings (SSSR count). The molecule has 26 heavy (non-hydrogen) atoms. The third kappa shape index (κ3) is 4.43. The Kier molecular flexibility index (Phi) is 5.91. The topological polar surface area (TPSA) is 75.0 Å². The quantitative estimate of drug-likeness (QED) is 0.845. The highest BCUT2D eigenvalue weighted by Crippen LogP contribution is 2.16. The molecule has 2 heterocycles. The maximum absolute atomic E-state index is 12.2. The zero-order valence-corrected chi connectivity index (χ0v) is 14.8. The first kappa shape index (κ1) is 18.0. The van der Waals surface area contributed by atoms with E-state index in [0.717, 1.165) is 11.3 Å². The number of carbonyl (C=O) groups excluding carboxylic acids is 2. The fraction of sp³-hybridized carbons (Fsp3) is 0.368. The van der Waals surface area contributed by atoms with E-state index in [9.17, 15) is 9.59 Å². The number of para-hydroxylation sites is 1. The predicted octanol–water partition coefficient (Wildman–Crippen LogP) is 1.36. The number of nitrogens with zero attached hydrogens (tertiary/aromatic N) is 2. The molecule has 1 saturated heterocycles. The number of methoxy groups -OCH3 is 1. The Bertz CT molecular complexity index is 737. The van der Waals surface area contributed by atoms with Crippen LogP contribution in [0.3, 0.4) is 0 Å². The Morgan fingerprint density at radius 3 is 2.58 bits per heavy atom. The fourth-order valence-electron chi connectivity index (χ4n) is 2.97. The van der Waals surface area contributed by atoms with Gasteiger partial charge in [-0.05, 0) is 18.2 Å². The number of rotatable bonds is 6. The SMILES string of the molecule is COc1ccccc1CNC(=O)CN1CCN(C(=O)c2ccco2)CC1. The van der Waals surface area contributed by atoms with Crippen LogP contribution < -0.4 is 10.1 Å². The number of hydrogen-bond acceptors (Lipinski definition) is 5. The highest BCUT2D eigenvalue weighted by atomic mass is 16.5. The van der Waals surface area contributed by atoms with Gasteiger partial charge in [0.1, 0.15) is 5.75 Å². The second kappa shape index (κ2) is 8.53. The van der Waals surface area contributed by atoms with E-state index in [1.54, 1.807) is 24.1 Å². The van der Waals surface area contributed by atoms with Gasteiger partial charge in [0.05, 0.1) is 19.9 Å². The van der Waals surface area contributed by atoms with Crippen LogP contribution in [0, 0.1) is 0 Å². The third-order valence-corrected chi connectivity index (χ3v) is 4.43. The van der Waals surface area contributed by atoms with Gasteiger partial charge >= 0.3 is 0 Å². The number of furan rings is 1. The maximum atomic E-state index is 12.2. The Hall–Kier alpha value is -2.80. The molecule has 1 N–H and O–H groups in total. The van der Waals surface area contributed by atoms with Gasteiger partial charge in [-0.25, -0.2) is 0 Å². The number of nitrogens with one attached hydrogen (secondary N) is 1. The summed E-state index contributed by atoms with van der Waals surface area (Å²) in [6.07, 6.45) is 1.50. The van der Waals surface area contributed by atoms with Crippen molar-refractivity contribution in [1.29, 1.82) is 0 Å². The molecule has 1 aliphatic rings. The smallest absolute Gasteiger partial charge is 0.289 e. The van der Waals surface area contributed by atoms with Gasteiger partial charge in [0.2, 0.25) is 5.91 Å². The summed E-state index contributed by atoms with van der Waals surface area (Å²) in [6, 6.07) is 11.0. The van der Waals surface area contributed by atoms with Crippen molar-refractivity contribution in [2.24, 2.45) is 0 Å². The summed E-state index contributed by atoms with van der Waals surface area (Å²) in [4.78, 5) is 28.2. The second-order valence-electron chi connectivity index (χ2n) is 6.13. The highest BCUT2D eigenvalue weighted by molar-refractivity contribution is 5.91. The molecule has 0 atom stereocenters. The molecule has 138 valence electrons. The lowest BCUT2D eigenvalue weighted by Crippen LogP contribution is -2.51. The summed E-state index contributed by atoms with van der Waals surface area (Å²) in [5, 5.41) is 2.92. The van der Waals surface area contributed by atoms with Crippen LogP contribution in [0.1, 0.15) is 16.1 Å². The van der Waals surface area contributed by atoms with Crippen molar-refractivity contribution in [2.75, 3.05) is 39.8 Å². The molecule has 1 aromatic carbocycles. The summed E-state index contributed by atoms with van der Waals surface area (Å²) in [5.74, 6) is 0.975. The molecular formula is C19H23N3O4. The minimum absolute atomic E-state index is 0.0401. The molecule has 2 aromatic rings. The molecule has 0 unspecified atom stereocenters. The van der Waals surface area contributed by atoms with Gasteiger partial charge in [-0.2, -0.15) is 0 Å². The Morgan fingerprint density at radius 2 is 1.88 bits per heavy atom. The number of piperazine rings is 1. The highest BCUT2D eigenvalue weighted by Gasteiger charge is 2.24. The molecule has 0 bridgehead atoms. The van der Waals surface area contributed by atoms with Crippen LogP contribution in [-0.2, 0) is 11.3 Å². The average molecular weight is 357 g/mol. The number of ether oxygens (including phenoxy) is 1. The van der Waals surface area contributed by atoms with Crippen LogP contribution in [0.4, 0.5) is 0 Å². The van der Waals surface area contributed by atoms with E-state index >= 15 is 0 Å². The van der Waals surface area contributed by atoms with Crippen LogP contribution in [0.5, 0.6) is 5.75 Å². The third-order valence-electron chi connectivity index (χ3n) is 4.43. The molecule has 2 amide bonds. The van der Waals surface area contributed by atoms with Gasteiger partial charge in [-0.1, -0.05) is 18.2 Å². The summed E-state index contributed by atoms with van der Waals surface area (Å²) in [6.45, 7) is 3.24. The van der Waals surface area contributed by atoms with Gasteiger partial charge < -0.3 is 19.4 Å². The summed E-state index contributed by atoms with van der Waals surface area (Å²) >= 11 is 0. The summed E-state index contributed by atoms with van der Waals surface area (Å²) < 4.78 is 10.4. The zero-order valence-electron chi connectivity index (χ0n) is 14.8. The van der Waals surface area contributed by atoms with Crippen LogP contribution in [0.2, 0.25) is 0 Å². The van der Waals surface area contributed by atoms with Crippen LogP contribution >= 0.6 is 0 Å². The van der Waals surface area contributed by atoms with Gasteiger partial charge in [0.25, 0.3) is 5.91 Å². The fourth-order valence-corrected chi connectivity index (χ4v) is 2.97. The maximum Gasteiger partial charge on any atom is 0.289 e. The molecule has 0 saturated carbocycles. The monoisotopic (exact) mass is 357 g/mol. The molecule has 1 aliphatic heterocycles. The molecule has 1 fully saturated rings. The standard InChI is InChI=1S/C19H23N3O4/c1-25-16-6-3-2-5-15(16)13-20-18(23)14-21-8-10-22(11-9-21)19(24)17-7-4-12-26-17/h2-7,12H,8-11,13-14H2,1H3,(H,20,23). The average Bonchev–Trinajstić information content (AvgIpc) is 3.21. The number of benzene rings is 1. The summed E-state index contributed by atoms with van der Waals surface area (Å²) in [5.41, 5.74) is 0.942. The van der Waals surface area contributed by atoms with Crippen molar-refractivity contribution in [2.45, 2.75) is 6.54 Å². The Balaban J connectivity index is 1.43. The van der Waals surface area contributed by atoms with Crippen LogP contribution in [-0.4, -0.2) is 61.4 Å². The predicted molar refractivity (Wildman–Crippen MR) is 95.9 cm³/mol. The lowest BCUT2D eigenvalue weighted by molar-refractivity contribution is -0.122. The van der Waals surface area contributed by atoms with Gasteiger partial charge in [0.15, 0.2) is 5.76 Å². The van der Waals surface area contributed by atoms with E-state index in [1.165, 1.54) is 6.26 Å². The van der Waals surface area contributed by atoms with Crippen LogP contribution in [0.25, 0.3) is 0 Å². The van der Waals surface area contributed by atoms with Crippen molar-refractivity contribution >= 4 is 11.8 Å². The molecule has 1 aromatic heterocycles. The van der Waals surface area contributed by atoms with Crippen molar-refractivity contribution in [3.63, 3.8) is 0 Å². The van der Waals surface area contributed by atoms with Gasteiger partial charge in [-0.15, -0.1) is 0 Å². The molecule has 7 nitrogen and oxygen atoms in total. The van der Waals surface area contributed by atoms with Crippen molar-refractivity contribution in [3.8, 4) is 5.75 Å². The van der Waals surface area contributed by atoms with Gasteiger partial charge in [0, 0.05) is 38.3 Å². The van der Waals surface area contributed by atoms with E-state index in [-0.39, 0.29) is 11.8 Å². The number of carbonyl (C=O) groups is 2. The minimum Gasteiger partial charge on any atom is -0.496 e. The van der Waals surface area contributed by atoms with Crippen LogP contribution in [0.15, 0.2) is 47.1 Å². The van der Waals surface area contributed by atoms with Crippen molar-refractivity contribution < 1.29 is 18.7 Å². The first-order valence-electron chi connectivity index (χ1n) is 8.61. The van der Waals surface area contributed by atoms with Crippen molar-refractivity contribution in [3.05, 3.63) is 54.0 Å².